The lowest BCUT2D eigenvalue weighted by Gasteiger charge is -2.40. The van der Waals surface area contributed by atoms with Gasteiger partial charge >= 0.3 is 0 Å². The molecule has 3 unspecified atom stereocenters. The van der Waals surface area contributed by atoms with E-state index in [0.717, 1.165) is 17.8 Å². The molecule has 0 heterocycles. The Morgan fingerprint density at radius 2 is 2.13 bits per heavy atom. The van der Waals surface area contributed by atoms with Crippen molar-refractivity contribution in [1.82, 2.24) is 0 Å². The van der Waals surface area contributed by atoms with Crippen LogP contribution in [0.4, 0.5) is 0 Å². The minimum absolute atomic E-state index is 0.760. The first-order chi connectivity index (χ1) is 7.09. The predicted octanol–water partition coefficient (Wildman–Crippen LogP) is 4.50. The van der Waals surface area contributed by atoms with Gasteiger partial charge in [0.2, 0.25) is 0 Å². The van der Waals surface area contributed by atoms with Crippen molar-refractivity contribution in [2.75, 3.05) is 0 Å². The number of hydrogen-bond acceptors (Lipinski definition) is 0. The highest BCUT2D eigenvalue weighted by atomic mass is 14.4. The first-order valence-electron chi connectivity index (χ1n) is 6.12. The van der Waals surface area contributed by atoms with Crippen LogP contribution in [0.2, 0.25) is 0 Å². The van der Waals surface area contributed by atoms with Crippen LogP contribution in [0, 0.1) is 17.8 Å². The zero-order chi connectivity index (χ0) is 11.0. The van der Waals surface area contributed by atoms with Crippen LogP contribution in [0.1, 0.15) is 40.0 Å². The van der Waals surface area contributed by atoms with E-state index in [4.69, 9.17) is 0 Å². The van der Waals surface area contributed by atoms with E-state index in [1.807, 2.05) is 0 Å². The number of fused-ring (bicyclic) bond motifs is 1. The average Bonchev–Trinajstić information content (AvgIpc) is 2.17. The molecule has 0 amide bonds. The zero-order valence-electron chi connectivity index (χ0n) is 10.2. The Labute approximate surface area is 93.8 Å². The molecule has 2 aliphatic carbocycles. The van der Waals surface area contributed by atoms with Crippen LogP contribution in [-0.2, 0) is 0 Å². The zero-order valence-corrected chi connectivity index (χ0v) is 10.2. The van der Waals surface area contributed by atoms with E-state index >= 15 is 0 Å². The Bertz CT molecular complexity index is 326. The minimum atomic E-state index is 0.760. The molecule has 0 N–H and O–H groups in total. The van der Waals surface area contributed by atoms with Gasteiger partial charge in [-0.05, 0) is 50.9 Å². The average molecular weight is 202 g/mol. The molecule has 0 aromatic rings. The van der Waals surface area contributed by atoms with Gasteiger partial charge in [0.1, 0.15) is 0 Å². The van der Waals surface area contributed by atoms with E-state index in [0.29, 0.717) is 0 Å². The summed E-state index contributed by atoms with van der Waals surface area (Å²) in [5.41, 5.74) is 4.56. The molecular weight excluding hydrogens is 180 g/mol. The SMILES string of the molecule is C=C1C=CC2C(C)CCC(=C(C)C)C2C1. The number of allylic oxidation sites excluding steroid dienone is 5. The predicted molar refractivity (Wildman–Crippen MR) is 66.6 cm³/mol. The molecule has 1 fully saturated rings. The summed E-state index contributed by atoms with van der Waals surface area (Å²) in [4.78, 5) is 0. The first-order valence-corrected chi connectivity index (χ1v) is 6.12. The van der Waals surface area contributed by atoms with Crippen molar-refractivity contribution < 1.29 is 0 Å². The van der Waals surface area contributed by atoms with Gasteiger partial charge in [-0.2, -0.15) is 0 Å². The first kappa shape index (κ1) is 10.7. The maximum atomic E-state index is 4.11. The topological polar surface area (TPSA) is 0 Å². The van der Waals surface area contributed by atoms with E-state index in [2.05, 4.69) is 39.5 Å². The van der Waals surface area contributed by atoms with E-state index in [-0.39, 0.29) is 0 Å². The van der Waals surface area contributed by atoms with Crippen LogP contribution in [0.15, 0.2) is 35.5 Å². The fourth-order valence-corrected chi connectivity index (χ4v) is 3.19. The van der Waals surface area contributed by atoms with Gasteiger partial charge in [-0.1, -0.05) is 42.4 Å². The Morgan fingerprint density at radius 3 is 2.80 bits per heavy atom. The van der Waals surface area contributed by atoms with Gasteiger partial charge in [-0.15, -0.1) is 0 Å². The molecule has 2 rings (SSSR count). The van der Waals surface area contributed by atoms with E-state index in [9.17, 15) is 0 Å². The molecule has 0 aromatic heterocycles. The number of hydrogen-bond donors (Lipinski definition) is 0. The molecule has 0 saturated heterocycles. The summed E-state index contributed by atoms with van der Waals surface area (Å²) < 4.78 is 0. The normalized spacial score (nSPS) is 35.3. The van der Waals surface area contributed by atoms with Crippen molar-refractivity contribution in [2.24, 2.45) is 17.8 Å². The summed E-state index contributed by atoms with van der Waals surface area (Å²) in [6.07, 6.45) is 8.51. The second-order valence-corrected chi connectivity index (χ2v) is 5.45. The third-order valence-electron chi connectivity index (χ3n) is 4.12. The minimum Gasteiger partial charge on any atom is -0.0958 e. The summed E-state index contributed by atoms with van der Waals surface area (Å²) >= 11 is 0. The second-order valence-electron chi connectivity index (χ2n) is 5.45. The highest BCUT2D eigenvalue weighted by Gasteiger charge is 2.34. The van der Waals surface area contributed by atoms with Gasteiger partial charge in [0.05, 0.1) is 0 Å². The van der Waals surface area contributed by atoms with Crippen LogP contribution >= 0.6 is 0 Å². The lowest BCUT2D eigenvalue weighted by atomic mass is 9.65. The van der Waals surface area contributed by atoms with E-state index in [1.165, 1.54) is 24.8 Å². The Morgan fingerprint density at radius 1 is 1.40 bits per heavy atom. The maximum absolute atomic E-state index is 4.11. The molecule has 0 spiro atoms. The molecule has 0 nitrogen and oxygen atoms in total. The smallest absolute Gasteiger partial charge is 0.00949 e. The highest BCUT2D eigenvalue weighted by molar-refractivity contribution is 5.30. The Balaban J connectivity index is 2.34. The fraction of sp³-hybridized carbons (Fsp3) is 0.600. The van der Waals surface area contributed by atoms with Gasteiger partial charge in [0, 0.05) is 0 Å². The summed E-state index contributed by atoms with van der Waals surface area (Å²) in [6.45, 7) is 11.0. The van der Waals surface area contributed by atoms with Gasteiger partial charge in [-0.25, -0.2) is 0 Å². The van der Waals surface area contributed by atoms with Crippen molar-refractivity contribution in [3.8, 4) is 0 Å². The van der Waals surface area contributed by atoms with Gasteiger partial charge in [0.15, 0.2) is 0 Å². The van der Waals surface area contributed by atoms with Crippen molar-refractivity contribution in [3.05, 3.63) is 35.5 Å². The van der Waals surface area contributed by atoms with Gasteiger partial charge in [-0.3, -0.25) is 0 Å². The molecule has 3 atom stereocenters. The quantitative estimate of drug-likeness (QED) is 0.507. The van der Waals surface area contributed by atoms with Crippen molar-refractivity contribution in [2.45, 2.75) is 40.0 Å². The molecule has 2 aliphatic rings. The lowest BCUT2D eigenvalue weighted by molar-refractivity contribution is 0.259. The lowest BCUT2D eigenvalue weighted by Crippen LogP contribution is -2.29. The molecule has 0 bridgehead atoms. The third-order valence-corrected chi connectivity index (χ3v) is 4.12. The molecule has 0 heteroatoms. The Kier molecular flexibility index (Phi) is 2.86. The molecular formula is C15H22. The molecule has 15 heavy (non-hydrogen) atoms. The Hall–Kier alpha value is -0.780. The van der Waals surface area contributed by atoms with Gasteiger partial charge < -0.3 is 0 Å². The van der Waals surface area contributed by atoms with E-state index < -0.39 is 0 Å². The summed E-state index contributed by atoms with van der Waals surface area (Å²) in [6, 6.07) is 0. The van der Waals surface area contributed by atoms with Crippen molar-refractivity contribution in [1.29, 1.82) is 0 Å². The highest BCUT2D eigenvalue weighted by Crippen LogP contribution is 2.45. The van der Waals surface area contributed by atoms with Crippen molar-refractivity contribution in [3.63, 3.8) is 0 Å². The van der Waals surface area contributed by atoms with E-state index in [1.54, 1.807) is 11.1 Å². The maximum Gasteiger partial charge on any atom is -0.00949 e. The summed E-state index contributed by atoms with van der Waals surface area (Å²) in [5, 5.41) is 0. The molecule has 0 aliphatic heterocycles. The van der Waals surface area contributed by atoms with Crippen LogP contribution in [0.3, 0.4) is 0 Å². The van der Waals surface area contributed by atoms with Crippen molar-refractivity contribution >= 4 is 0 Å². The van der Waals surface area contributed by atoms with Crippen LogP contribution in [-0.4, -0.2) is 0 Å². The molecule has 82 valence electrons. The molecule has 1 saturated carbocycles. The van der Waals surface area contributed by atoms with Crippen LogP contribution in [0.25, 0.3) is 0 Å². The third kappa shape index (κ3) is 1.95. The summed E-state index contributed by atoms with van der Waals surface area (Å²) in [5.74, 6) is 2.38. The summed E-state index contributed by atoms with van der Waals surface area (Å²) in [7, 11) is 0. The molecule has 0 radical (unpaired) electrons. The van der Waals surface area contributed by atoms with Crippen LogP contribution in [0.5, 0.6) is 0 Å². The van der Waals surface area contributed by atoms with Gasteiger partial charge in [0.25, 0.3) is 0 Å². The standard InChI is InChI=1S/C15H22/c1-10(2)13-8-6-12(4)14-7-5-11(3)9-15(13)14/h5,7,12,14-15H,3,6,8-9H2,1-2,4H3. The molecule has 0 aromatic carbocycles. The second kappa shape index (κ2) is 4.00. The fourth-order valence-electron chi connectivity index (χ4n) is 3.19. The largest absolute Gasteiger partial charge is 0.0958 e. The number of rotatable bonds is 0. The monoisotopic (exact) mass is 202 g/mol. The van der Waals surface area contributed by atoms with Crippen LogP contribution < -0.4 is 0 Å².